The van der Waals surface area contributed by atoms with Crippen molar-refractivity contribution < 1.29 is 18.3 Å². The highest BCUT2D eigenvalue weighted by Gasteiger charge is 2.31. The summed E-state index contributed by atoms with van der Waals surface area (Å²) in [6, 6.07) is 2.14. The Morgan fingerprint density at radius 1 is 1.29 bits per heavy atom. The predicted molar refractivity (Wildman–Crippen MR) is 62.3 cm³/mol. The van der Waals surface area contributed by atoms with Crippen molar-refractivity contribution >= 4 is 24.0 Å². The second-order valence-electron chi connectivity index (χ2n) is 3.54. The third-order valence-electron chi connectivity index (χ3n) is 2.15. The molecule has 0 heterocycles. The van der Waals surface area contributed by atoms with Gasteiger partial charge in [0.05, 0.1) is 17.7 Å². The second kappa shape index (κ2) is 5.91. The third-order valence-corrected chi connectivity index (χ3v) is 2.37. The van der Waals surface area contributed by atoms with E-state index >= 15 is 0 Å². The molecule has 0 radical (unpaired) electrons. The summed E-state index contributed by atoms with van der Waals surface area (Å²) in [5.41, 5.74) is 4.84. The van der Waals surface area contributed by atoms with E-state index < -0.39 is 23.9 Å². The SMILES string of the molecule is C[C@H](O)[C@H](N)c1cc(Cl)cc(C(F)(F)F)c1.Cl. The Hall–Kier alpha value is -0.490. The lowest BCUT2D eigenvalue weighted by Crippen LogP contribution is -2.23. The summed E-state index contributed by atoms with van der Waals surface area (Å²) >= 11 is 5.57. The van der Waals surface area contributed by atoms with Crippen LogP contribution in [0.4, 0.5) is 13.2 Å². The summed E-state index contributed by atoms with van der Waals surface area (Å²) in [6.45, 7) is 1.40. The van der Waals surface area contributed by atoms with Gasteiger partial charge in [-0.2, -0.15) is 13.2 Å². The van der Waals surface area contributed by atoms with E-state index in [1.165, 1.54) is 13.0 Å². The van der Waals surface area contributed by atoms with Crippen LogP contribution in [0.3, 0.4) is 0 Å². The molecule has 98 valence electrons. The van der Waals surface area contributed by atoms with Gasteiger partial charge in [0.15, 0.2) is 0 Å². The average Bonchev–Trinajstić information content (AvgIpc) is 2.14. The first kappa shape index (κ1) is 16.5. The zero-order valence-electron chi connectivity index (χ0n) is 8.83. The molecule has 0 saturated carbocycles. The summed E-state index contributed by atoms with van der Waals surface area (Å²) in [6.07, 6.45) is -5.42. The molecule has 2 atom stereocenters. The van der Waals surface area contributed by atoms with Gasteiger partial charge in [-0.1, -0.05) is 11.6 Å². The fourth-order valence-electron chi connectivity index (χ4n) is 1.25. The molecule has 0 bridgehead atoms. The summed E-state index contributed by atoms with van der Waals surface area (Å²) in [5.74, 6) is 0. The van der Waals surface area contributed by atoms with E-state index in [1.54, 1.807) is 0 Å². The van der Waals surface area contributed by atoms with Crippen molar-refractivity contribution in [2.75, 3.05) is 0 Å². The van der Waals surface area contributed by atoms with Gasteiger partial charge in [0.2, 0.25) is 0 Å². The Labute approximate surface area is 108 Å². The first-order valence-corrected chi connectivity index (χ1v) is 4.91. The van der Waals surface area contributed by atoms with Crippen LogP contribution in [0, 0.1) is 0 Å². The van der Waals surface area contributed by atoms with Gasteiger partial charge in [-0.15, -0.1) is 12.4 Å². The Morgan fingerprint density at radius 2 is 1.82 bits per heavy atom. The monoisotopic (exact) mass is 289 g/mol. The van der Waals surface area contributed by atoms with Gasteiger partial charge in [0, 0.05) is 5.02 Å². The number of hydrogen-bond acceptors (Lipinski definition) is 2. The Balaban J connectivity index is 0.00000256. The van der Waals surface area contributed by atoms with E-state index in [1.807, 2.05) is 0 Å². The molecule has 17 heavy (non-hydrogen) atoms. The minimum atomic E-state index is -4.47. The van der Waals surface area contributed by atoms with Crippen molar-refractivity contribution in [3.8, 4) is 0 Å². The van der Waals surface area contributed by atoms with Crippen LogP contribution in [-0.4, -0.2) is 11.2 Å². The molecule has 0 fully saturated rings. The molecule has 0 aromatic heterocycles. The van der Waals surface area contributed by atoms with Crippen molar-refractivity contribution in [3.63, 3.8) is 0 Å². The van der Waals surface area contributed by atoms with Crippen LogP contribution in [0.5, 0.6) is 0 Å². The Morgan fingerprint density at radius 3 is 2.24 bits per heavy atom. The fourth-order valence-corrected chi connectivity index (χ4v) is 1.49. The summed E-state index contributed by atoms with van der Waals surface area (Å²) < 4.78 is 37.4. The fraction of sp³-hybridized carbons (Fsp3) is 0.400. The Bertz CT molecular complexity index is 382. The van der Waals surface area contributed by atoms with Crippen molar-refractivity contribution in [1.82, 2.24) is 0 Å². The van der Waals surface area contributed by atoms with Crippen molar-refractivity contribution in [1.29, 1.82) is 0 Å². The molecule has 0 aliphatic rings. The Kier molecular flexibility index (Phi) is 5.74. The standard InChI is InChI=1S/C10H11ClF3NO.ClH/c1-5(16)9(15)6-2-7(10(12,13)14)4-8(11)3-6;/h2-5,9,16H,15H2,1H3;1H/t5-,9-;/m0./s1. The van der Waals surface area contributed by atoms with Crippen molar-refractivity contribution in [2.45, 2.75) is 25.2 Å². The largest absolute Gasteiger partial charge is 0.416 e. The molecule has 7 heteroatoms. The topological polar surface area (TPSA) is 46.2 Å². The lowest BCUT2D eigenvalue weighted by molar-refractivity contribution is -0.137. The van der Waals surface area contributed by atoms with Crippen LogP contribution in [-0.2, 0) is 6.18 Å². The number of alkyl halides is 3. The summed E-state index contributed by atoms with van der Waals surface area (Å²) in [4.78, 5) is 0. The number of benzene rings is 1. The number of aliphatic hydroxyl groups excluding tert-OH is 1. The number of halogens is 5. The van der Waals surface area contributed by atoms with Crippen LogP contribution in [0.2, 0.25) is 5.02 Å². The molecule has 1 rings (SSSR count). The molecule has 0 unspecified atom stereocenters. The van der Waals surface area contributed by atoms with Crippen LogP contribution >= 0.6 is 24.0 Å². The van der Waals surface area contributed by atoms with E-state index in [0.29, 0.717) is 0 Å². The van der Waals surface area contributed by atoms with Gasteiger partial charge in [-0.05, 0) is 30.7 Å². The first-order valence-electron chi connectivity index (χ1n) is 4.53. The predicted octanol–water partition coefficient (Wildman–Crippen LogP) is 3.16. The number of nitrogens with two attached hydrogens (primary N) is 1. The maximum atomic E-state index is 12.5. The smallest absolute Gasteiger partial charge is 0.391 e. The minimum Gasteiger partial charge on any atom is -0.391 e. The highest BCUT2D eigenvalue weighted by Crippen LogP contribution is 2.33. The molecular weight excluding hydrogens is 278 g/mol. The van der Waals surface area contributed by atoms with Gasteiger partial charge >= 0.3 is 6.18 Å². The first-order chi connectivity index (χ1) is 7.21. The van der Waals surface area contributed by atoms with Crippen LogP contribution < -0.4 is 5.73 Å². The minimum absolute atomic E-state index is 0. The molecule has 0 amide bonds. The van der Waals surface area contributed by atoms with Crippen LogP contribution in [0.1, 0.15) is 24.1 Å². The van der Waals surface area contributed by atoms with Gasteiger partial charge < -0.3 is 10.8 Å². The highest BCUT2D eigenvalue weighted by molar-refractivity contribution is 6.30. The highest BCUT2D eigenvalue weighted by atomic mass is 35.5. The third kappa shape index (κ3) is 4.35. The normalized spacial score (nSPS) is 15.0. The lowest BCUT2D eigenvalue weighted by atomic mass is 10.0. The molecule has 2 nitrogen and oxygen atoms in total. The molecular formula is C10H12Cl2F3NO. The molecule has 3 N–H and O–H groups in total. The zero-order valence-corrected chi connectivity index (χ0v) is 10.4. The zero-order chi connectivity index (χ0) is 12.5. The molecule has 0 aliphatic carbocycles. The van der Waals surface area contributed by atoms with Gasteiger partial charge in [-0.25, -0.2) is 0 Å². The second-order valence-corrected chi connectivity index (χ2v) is 3.97. The quantitative estimate of drug-likeness (QED) is 0.878. The van der Waals surface area contributed by atoms with Gasteiger partial charge in [0.1, 0.15) is 0 Å². The molecule has 1 aromatic carbocycles. The maximum absolute atomic E-state index is 12.5. The molecule has 0 saturated heterocycles. The molecule has 0 spiro atoms. The number of hydrogen-bond donors (Lipinski definition) is 2. The van der Waals surface area contributed by atoms with Crippen molar-refractivity contribution in [3.05, 3.63) is 34.3 Å². The summed E-state index contributed by atoms with van der Waals surface area (Å²) in [5, 5.41) is 9.15. The number of aliphatic hydroxyl groups is 1. The van der Waals surface area contributed by atoms with E-state index in [-0.39, 0.29) is 23.0 Å². The van der Waals surface area contributed by atoms with E-state index in [9.17, 15) is 18.3 Å². The van der Waals surface area contributed by atoms with E-state index in [0.717, 1.165) is 12.1 Å². The lowest BCUT2D eigenvalue weighted by Gasteiger charge is -2.17. The van der Waals surface area contributed by atoms with Crippen molar-refractivity contribution in [2.24, 2.45) is 5.73 Å². The van der Waals surface area contributed by atoms with Gasteiger partial charge in [0.25, 0.3) is 0 Å². The van der Waals surface area contributed by atoms with E-state index in [2.05, 4.69) is 0 Å². The maximum Gasteiger partial charge on any atom is 0.416 e. The number of rotatable bonds is 2. The van der Waals surface area contributed by atoms with E-state index in [4.69, 9.17) is 17.3 Å². The van der Waals surface area contributed by atoms with Crippen LogP contribution in [0.25, 0.3) is 0 Å². The molecule has 0 aliphatic heterocycles. The average molecular weight is 290 g/mol. The molecule has 1 aromatic rings. The van der Waals surface area contributed by atoms with Crippen LogP contribution in [0.15, 0.2) is 18.2 Å². The summed E-state index contributed by atoms with van der Waals surface area (Å²) in [7, 11) is 0. The van der Waals surface area contributed by atoms with Gasteiger partial charge in [-0.3, -0.25) is 0 Å².